The van der Waals surface area contributed by atoms with Crippen molar-refractivity contribution in [2.75, 3.05) is 37.6 Å². The van der Waals surface area contributed by atoms with Crippen LogP contribution in [-0.2, 0) is 14.8 Å². The summed E-state index contributed by atoms with van der Waals surface area (Å²) in [5.74, 6) is -0.0872. The fourth-order valence-corrected chi connectivity index (χ4v) is 5.03. The lowest BCUT2D eigenvalue weighted by Gasteiger charge is -2.38. The zero-order chi connectivity index (χ0) is 21.6. The van der Waals surface area contributed by atoms with Crippen LogP contribution >= 0.6 is 0 Å². The first-order chi connectivity index (χ1) is 14.4. The Balaban J connectivity index is 1.67. The summed E-state index contributed by atoms with van der Waals surface area (Å²) in [6.07, 6.45) is 0.246. The van der Waals surface area contributed by atoms with Crippen molar-refractivity contribution in [3.05, 3.63) is 60.7 Å². The molecule has 158 valence electrons. The second kappa shape index (κ2) is 9.85. The number of hydrogen-bond acceptors (Lipinski definition) is 5. The summed E-state index contributed by atoms with van der Waals surface area (Å²) in [6.45, 7) is 3.77. The molecule has 1 aliphatic heterocycles. The number of carbonyl (C=O) groups is 1. The lowest BCUT2D eigenvalue weighted by atomic mass is 10.2. The molecule has 0 aromatic heterocycles. The Morgan fingerprint density at radius 3 is 2.17 bits per heavy atom. The van der Waals surface area contributed by atoms with E-state index in [1.165, 1.54) is 4.31 Å². The number of sulfonamides is 1. The fourth-order valence-electron chi connectivity index (χ4n) is 3.59. The highest BCUT2D eigenvalue weighted by Crippen LogP contribution is 2.20. The number of para-hydroxylation sites is 1. The van der Waals surface area contributed by atoms with Gasteiger partial charge in [0.05, 0.1) is 23.4 Å². The maximum absolute atomic E-state index is 13.2. The molecule has 2 aromatic carbocycles. The molecule has 1 atom stereocenters. The van der Waals surface area contributed by atoms with Gasteiger partial charge >= 0.3 is 0 Å². The zero-order valence-corrected chi connectivity index (χ0v) is 17.8. The number of nitrogens with zero attached hydrogens (tertiary/aromatic N) is 4. The molecule has 7 nitrogen and oxygen atoms in total. The Morgan fingerprint density at radius 2 is 1.60 bits per heavy atom. The number of carbonyl (C=O) groups excluding carboxylic acids is 1. The Labute approximate surface area is 178 Å². The van der Waals surface area contributed by atoms with E-state index in [1.54, 1.807) is 35.2 Å². The van der Waals surface area contributed by atoms with Gasteiger partial charge in [0.2, 0.25) is 15.9 Å². The van der Waals surface area contributed by atoms with Crippen LogP contribution in [0.15, 0.2) is 65.6 Å². The van der Waals surface area contributed by atoms with E-state index in [2.05, 4.69) is 6.07 Å². The molecule has 1 unspecified atom stereocenters. The molecular weight excluding hydrogens is 400 g/mol. The first-order valence-corrected chi connectivity index (χ1v) is 11.4. The van der Waals surface area contributed by atoms with Gasteiger partial charge in [0.25, 0.3) is 0 Å². The van der Waals surface area contributed by atoms with Crippen molar-refractivity contribution in [2.45, 2.75) is 24.3 Å². The number of hydrogen-bond donors (Lipinski definition) is 0. The first kappa shape index (κ1) is 22.0. The topological polar surface area (TPSA) is 84.7 Å². The molecule has 30 heavy (non-hydrogen) atoms. The molecule has 1 aliphatic rings. The number of rotatable bonds is 7. The van der Waals surface area contributed by atoms with Gasteiger partial charge in [0, 0.05) is 38.4 Å². The highest BCUT2D eigenvalue weighted by Gasteiger charge is 2.33. The molecule has 0 radical (unpaired) electrons. The van der Waals surface area contributed by atoms with Gasteiger partial charge in [-0.25, -0.2) is 8.42 Å². The molecule has 0 aliphatic carbocycles. The third kappa shape index (κ3) is 4.87. The van der Waals surface area contributed by atoms with E-state index in [0.29, 0.717) is 32.7 Å². The molecule has 1 saturated heterocycles. The van der Waals surface area contributed by atoms with Crippen LogP contribution < -0.4 is 4.90 Å². The van der Waals surface area contributed by atoms with E-state index in [0.717, 1.165) is 5.69 Å². The minimum absolute atomic E-state index is 0.0872. The van der Waals surface area contributed by atoms with Crippen LogP contribution in [0, 0.1) is 11.3 Å². The van der Waals surface area contributed by atoms with Crippen LogP contribution in [0.2, 0.25) is 0 Å². The van der Waals surface area contributed by atoms with Crippen molar-refractivity contribution in [3.63, 3.8) is 0 Å². The average Bonchev–Trinajstić information content (AvgIpc) is 2.80. The van der Waals surface area contributed by atoms with Crippen molar-refractivity contribution in [3.8, 4) is 6.07 Å². The van der Waals surface area contributed by atoms with Gasteiger partial charge in [-0.05, 0) is 31.2 Å². The highest BCUT2D eigenvalue weighted by atomic mass is 32.2. The van der Waals surface area contributed by atoms with E-state index in [4.69, 9.17) is 5.26 Å². The van der Waals surface area contributed by atoms with Crippen LogP contribution in [0.4, 0.5) is 5.69 Å². The number of piperazine rings is 1. The molecule has 3 rings (SSSR count). The lowest BCUT2D eigenvalue weighted by molar-refractivity contribution is -0.123. The van der Waals surface area contributed by atoms with Gasteiger partial charge in [0.15, 0.2) is 0 Å². The summed E-state index contributed by atoms with van der Waals surface area (Å²) in [5.41, 5.74) is 0.759. The Bertz CT molecular complexity index is 982. The Hall–Kier alpha value is -2.73. The van der Waals surface area contributed by atoms with Gasteiger partial charge in [-0.1, -0.05) is 36.4 Å². The molecule has 0 saturated carbocycles. The molecular formula is C22H26N4O3S. The first-order valence-electron chi connectivity index (χ1n) is 9.98. The highest BCUT2D eigenvalue weighted by molar-refractivity contribution is 7.89. The van der Waals surface area contributed by atoms with Crippen LogP contribution in [0.3, 0.4) is 0 Å². The predicted octanol–water partition coefficient (Wildman–Crippen LogP) is 2.33. The summed E-state index contributed by atoms with van der Waals surface area (Å²) in [6, 6.07) is 19.4. The maximum Gasteiger partial charge on any atom is 0.244 e. The molecule has 8 heteroatoms. The van der Waals surface area contributed by atoms with Crippen LogP contribution in [0.1, 0.15) is 13.3 Å². The summed E-state index contributed by atoms with van der Waals surface area (Å²) >= 11 is 0. The Kier molecular flexibility index (Phi) is 7.21. The SMILES string of the molecule is CC(C(=O)N(CCC#N)c1ccccc1)N1CCN(S(=O)(=O)c2ccccc2)CC1. The van der Waals surface area contributed by atoms with E-state index < -0.39 is 16.1 Å². The van der Waals surface area contributed by atoms with Gasteiger partial charge in [-0.3, -0.25) is 9.69 Å². The van der Waals surface area contributed by atoms with Crippen LogP contribution in [0.5, 0.6) is 0 Å². The van der Waals surface area contributed by atoms with Crippen LogP contribution in [-0.4, -0.2) is 62.3 Å². The quantitative estimate of drug-likeness (QED) is 0.678. The third-order valence-corrected chi connectivity index (χ3v) is 7.25. The standard InChI is InChI=1S/C22H26N4O3S/c1-19(22(27)26(14-8-13-23)20-9-4-2-5-10-20)24-15-17-25(18-16-24)30(28,29)21-11-6-3-7-12-21/h2-7,9-12,19H,8,14-18H2,1H3. The molecule has 1 fully saturated rings. The normalized spacial score (nSPS) is 16.5. The average molecular weight is 427 g/mol. The molecule has 1 heterocycles. The van der Waals surface area contributed by atoms with Crippen molar-refractivity contribution in [1.29, 1.82) is 5.26 Å². The fraction of sp³-hybridized carbons (Fsp3) is 0.364. The summed E-state index contributed by atoms with van der Waals surface area (Å²) in [5, 5.41) is 8.97. The number of anilines is 1. The number of benzene rings is 2. The van der Waals surface area contributed by atoms with E-state index >= 15 is 0 Å². The van der Waals surface area contributed by atoms with Crippen LogP contribution in [0.25, 0.3) is 0 Å². The van der Waals surface area contributed by atoms with E-state index in [-0.39, 0.29) is 17.2 Å². The molecule has 0 N–H and O–H groups in total. The maximum atomic E-state index is 13.2. The monoisotopic (exact) mass is 426 g/mol. The minimum Gasteiger partial charge on any atom is -0.310 e. The Morgan fingerprint density at radius 1 is 1.03 bits per heavy atom. The third-order valence-electron chi connectivity index (χ3n) is 5.34. The largest absolute Gasteiger partial charge is 0.310 e. The number of amides is 1. The predicted molar refractivity (Wildman–Crippen MR) is 115 cm³/mol. The summed E-state index contributed by atoms with van der Waals surface area (Å²) < 4.78 is 27.1. The molecule has 1 amide bonds. The minimum atomic E-state index is -3.53. The number of nitriles is 1. The van der Waals surface area contributed by atoms with Gasteiger partial charge in [-0.15, -0.1) is 0 Å². The summed E-state index contributed by atoms with van der Waals surface area (Å²) in [7, 11) is -3.53. The zero-order valence-electron chi connectivity index (χ0n) is 17.0. The van der Waals surface area contributed by atoms with Crippen molar-refractivity contribution in [2.24, 2.45) is 0 Å². The second-order valence-electron chi connectivity index (χ2n) is 7.16. The van der Waals surface area contributed by atoms with E-state index in [9.17, 15) is 13.2 Å². The van der Waals surface area contributed by atoms with Gasteiger partial charge < -0.3 is 4.90 Å². The van der Waals surface area contributed by atoms with Crippen molar-refractivity contribution < 1.29 is 13.2 Å². The van der Waals surface area contributed by atoms with E-state index in [1.807, 2.05) is 42.2 Å². The van der Waals surface area contributed by atoms with Crippen molar-refractivity contribution in [1.82, 2.24) is 9.21 Å². The second-order valence-corrected chi connectivity index (χ2v) is 9.10. The molecule has 0 spiro atoms. The van der Waals surface area contributed by atoms with Crippen molar-refractivity contribution >= 4 is 21.6 Å². The smallest absolute Gasteiger partial charge is 0.244 e. The molecule has 2 aromatic rings. The summed E-state index contributed by atoms with van der Waals surface area (Å²) in [4.78, 5) is 17.1. The van der Waals surface area contributed by atoms with Gasteiger partial charge in [0.1, 0.15) is 0 Å². The molecule has 0 bridgehead atoms. The lowest BCUT2D eigenvalue weighted by Crippen LogP contribution is -2.55. The van der Waals surface area contributed by atoms with Gasteiger partial charge in [-0.2, -0.15) is 9.57 Å².